The Labute approximate surface area is 104 Å². The van der Waals surface area contributed by atoms with Crippen molar-refractivity contribution >= 4 is 0 Å². The van der Waals surface area contributed by atoms with Crippen LogP contribution >= 0.6 is 0 Å². The quantitative estimate of drug-likeness (QED) is 0.795. The highest BCUT2D eigenvalue weighted by Crippen LogP contribution is 2.23. The molecule has 0 radical (unpaired) electrons. The number of nitrogens with one attached hydrogen (secondary N) is 1. The van der Waals surface area contributed by atoms with Gasteiger partial charge in [-0.3, -0.25) is 0 Å². The maximum absolute atomic E-state index is 9.11. The fourth-order valence-electron chi connectivity index (χ4n) is 2.80. The molecule has 1 saturated heterocycles. The van der Waals surface area contributed by atoms with E-state index in [1.165, 1.54) is 12.8 Å². The summed E-state index contributed by atoms with van der Waals surface area (Å²) in [4.78, 5) is 2.30. The van der Waals surface area contributed by atoms with Gasteiger partial charge in [-0.25, -0.2) is 0 Å². The Kier molecular flexibility index (Phi) is 4.78. The summed E-state index contributed by atoms with van der Waals surface area (Å²) >= 11 is 0. The van der Waals surface area contributed by atoms with Crippen LogP contribution in [0.15, 0.2) is 0 Å². The lowest BCUT2D eigenvalue weighted by molar-refractivity contribution is -0.0202. The Balaban J connectivity index is 1.74. The topological polar surface area (TPSA) is 48.3 Å². The van der Waals surface area contributed by atoms with Gasteiger partial charge in [-0.15, -0.1) is 0 Å². The molecule has 4 heteroatoms. The van der Waals surface area contributed by atoms with E-state index >= 15 is 0 Å². The lowest BCUT2D eigenvalue weighted by atomic mass is 9.85. The molecule has 2 rings (SSSR count). The average Bonchev–Trinajstić information content (AvgIpc) is 2.37. The van der Waals surface area contributed by atoms with Crippen LogP contribution in [0.5, 0.6) is 0 Å². The first kappa shape index (κ1) is 12.8. The minimum Gasteiger partial charge on any atom is -0.374 e. The van der Waals surface area contributed by atoms with Gasteiger partial charge in [-0.2, -0.15) is 5.26 Å². The highest BCUT2D eigenvalue weighted by Gasteiger charge is 2.26. The van der Waals surface area contributed by atoms with Crippen LogP contribution in [-0.4, -0.2) is 50.3 Å². The first-order chi connectivity index (χ1) is 8.29. The standard InChI is InChI=1S/C13H23N3O/c1-16-6-7-17-12(10-16)9-15-13-5-3-2-4-11(13)8-14/h11-13,15H,2-7,9-10H2,1H3. The van der Waals surface area contributed by atoms with E-state index in [0.717, 1.165) is 39.1 Å². The molecule has 0 amide bonds. The van der Waals surface area contributed by atoms with Crippen molar-refractivity contribution in [2.24, 2.45) is 5.92 Å². The molecule has 0 aromatic heterocycles. The third-order valence-corrected chi connectivity index (χ3v) is 3.88. The van der Waals surface area contributed by atoms with Crippen molar-refractivity contribution in [1.29, 1.82) is 5.26 Å². The fourth-order valence-corrected chi connectivity index (χ4v) is 2.80. The molecule has 1 aliphatic carbocycles. The average molecular weight is 237 g/mol. The van der Waals surface area contributed by atoms with E-state index in [2.05, 4.69) is 23.3 Å². The van der Waals surface area contributed by atoms with Crippen LogP contribution < -0.4 is 5.32 Å². The van der Waals surface area contributed by atoms with E-state index in [1.54, 1.807) is 0 Å². The Bertz CT molecular complexity index is 276. The van der Waals surface area contributed by atoms with Gasteiger partial charge in [-0.05, 0) is 19.9 Å². The molecule has 17 heavy (non-hydrogen) atoms. The summed E-state index contributed by atoms with van der Waals surface area (Å²) in [6.07, 6.45) is 4.94. The summed E-state index contributed by atoms with van der Waals surface area (Å²) in [7, 11) is 2.13. The van der Waals surface area contributed by atoms with Crippen molar-refractivity contribution in [2.75, 3.05) is 33.3 Å². The van der Waals surface area contributed by atoms with E-state index in [4.69, 9.17) is 10.00 Å². The smallest absolute Gasteiger partial charge is 0.0826 e. The molecule has 1 saturated carbocycles. The molecular formula is C13H23N3O. The number of morpholine rings is 1. The summed E-state index contributed by atoms with van der Waals surface area (Å²) in [6, 6.07) is 2.82. The fraction of sp³-hybridized carbons (Fsp3) is 0.923. The number of nitrogens with zero attached hydrogens (tertiary/aromatic N) is 2. The van der Waals surface area contributed by atoms with Crippen LogP contribution in [-0.2, 0) is 4.74 Å². The van der Waals surface area contributed by atoms with Crippen molar-refractivity contribution in [3.8, 4) is 6.07 Å². The highest BCUT2D eigenvalue weighted by atomic mass is 16.5. The monoisotopic (exact) mass is 237 g/mol. The molecule has 1 N–H and O–H groups in total. The SMILES string of the molecule is CN1CCOC(CNC2CCCCC2C#N)C1. The van der Waals surface area contributed by atoms with Crippen LogP contribution in [0.3, 0.4) is 0 Å². The molecular weight excluding hydrogens is 214 g/mol. The van der Waals surface area contributed by atoms with E-state index in [0.29, 0.717) is 6.04 Å². The Morgan fingerprint density at radius 1 is 1.41 bits per heavy atom. The molecule has 96 valence electrons. The van der Waals surface area contributed by atoms with Crippen LogP contribution in [0.4, 0.5) is 0 Å². The number of likely N-dealkylation sites (N-methyl/N-ethyl adjacent to an activating group) is 1. The summed E-state index contributed by atoms with van der Waals surface area (Å²) in [5.74, 6) is 0.199. The largest absolute Gasteiger partial charge is 0.374 e. The summed E-state index contributed by atoms with van der Waals surface area (Å²) < 4.78 is 5.72. The second-order valence-electron chi connectivity index (χ2n) is 5.29. The zero-order valence-electron chi connectivity index (χ0n) is 10.7. The number of rotatable bonds is 3. The van der Waals surface area contributed by atoms with Crippen molar-refractivity contribution in [2.45, 2.75) is 37.8 Å². The molecule has 2 fully saturated rings. The summed E-state index contributed by atoms with van der Waals surface area (Å²) in [5, 5.41) is 12.6. The maximum Gasteiger partial charge on any atom is 0.0826 e. The molecule has 1 heterocycles. The van der Waals surface area contributed by atoms with E-state index in [1.807, 2.05) is 0 Å². The predicted octanol–water partition coefficient (Wildman–Crippen LogP) is 0.989. The third kappa shape index (κ3) is 3.67. The van der Waals surface area contributed by atoms with Gasteiger partial charge in [0.15, 0.2) is 0 Å². The zero-order valence-corrected chi connectivity index (χ0v) is 10.7. The normalized spacial score (nSPS) is 35.4. The first-order valence-corrected chi connectivity index (χ1v) is 6.72. The second-order valence-corrected chi connectivity index (χ2v) is 5.29. The molecule has 3 unspecified atom stereocenters. The van der Waals surface area contributed by atoms with E-state index in [-0.39, 0.29) is 12.0 Å². The number of hydrogen-bond donors (Lipinski definition) is 1. The van der Waals surface area contributed by atoms with Crippen molar-refractivity contribution < 1.29 is 4.74 Å². The third-order valence-electron chi connectivity index (χ3n) is 3.88. The highest BCUT2D eigenvalue weighted by molar-refractivity contribution is 4.95. The second kappa shape index (κ2) is 6.34. The predicted molar refractivity (Wildman–Crippen MR) is 66.6 cm³/mol. The minimum atomic E-state index is 0.199. The Hall–Kier alpha value is -0.630. The molecule has 0 aromatic rings. The Morgan fingerprint density at radius 3 is 3.00 bits per heavy atom. The van der Waals surface area contributed by atoms with Crippen molar-refractivity contribution in [3.05, 3.63) is 0 Å². The minimum absolute atomic E-state index is 0.199. The molecule has 3 atom stereocenters. The first-order valence-electron chi connectivity index (χ1n) is 6.72. The zero-order chi connectivity index (χ0) is 12.1. The van der Waals surface area contributed by atoms with Gasteiger partial charge in [-0.1, -0.05) is 12.8 Å². The number of nitriles is 1. The van der Waals surface area contributed by atoms with Crippen LogP contribution in [0.1, 0.15) is 25.7 Å². The maximum atomic E-state index is 9.11. The number of ether oxygens (including phenoxy) is 1. The summed E-state index contributed by atoms with van der Waals surface area (Å²) in [5.41, 5.74) is 0. The van der Waals surface area contributed by atoms with Gasteiger partial charge >= 0.3 is 0 Å². The van der Waals surface area contributed by atoms with Crippen LogP contribution in [0.2, 0.25) is 0 Å². The van der Waals surface area contributed by atoms with Gasteiger partial charge in [0, 0.05) is 25.7 Å². The van der Waals surface area contributed by atoms with Gasteiger partial charge in [0.25, 0.3) is 0 Å². The Morgan fingerprint density at radius 2 is 2.24 bits per heavy atom. The van der Waals surface area contributed by atoms with Gasteiger partial charge in [0.2, 0.25) is 0 Å². The van der Waals surface area contributed by atoms with Crippen LogP contribution in [0.25, 0.3) is 0 Å². The summed E-state index contributed by atoms with van der Waals surface area (Å²) in [6.45, 7) is 3.74. The molecule has 1 aliphatic heterocycles. The van der Waals surface area contributed by atoms with E-state index in [9.17, 15) is 0 Å². The van der Waals surface area contributed by atoms with E-state index < -0.39 is 0 Å². The van der Waals surface area contributed by atoms with Gasteiger partial charge in [0.1, 0.15) is 0 Å². The molecule has 4 nitrogen and oxygen atoms in total. The molecule has 2 aliphatic rings. The molecule has 0 bridgehead atoms. The van der Waals surface area contributed by atoms with Crippen molar-refractivity contribution in [1.82, 2.24) is 10.2 Å². The lowest BCUT2D eigenvalue weighted by Gasteiger charge is -2.33. The number of hydrogen-bond acceptors (Lipinski definition) is 4. The lowest BCUT2D eigenvalue weighted by Crippen LogP contribution is -2.48. The van der Waals surface area contributed by atoms with Crippen molar-refractivity contribution in [3.63, 3.8) is 0 Å². The molecule has 0 spiro atoms. The van der Waals surface area contributed by atoms with Gasteiger partial charge in [0.05, 0.1) is 24.7 Å². The molecule has 0 aromatic carbocycles. The van der Waals surface area contributed by atoms with Crippen LogP contribution in [0, 0.1) is 17.2 Å². The van der Waals surface area contributed by atoms with Gasteiger partial charge < -0.3 is 15.0 Å².